The van der Waals surface area contributed by atoms with E-state index in [2.05, 4.69) is 9.88 Å². The lowest BCUT2D eigenvalue weighted by atomic mass is 10.0. The Balaban J connectivity index is 1.81. The second-order valence-corrected chi connectivity index (χ2v) is 7.64. The van der Waals surface area contributed by atoms with Crippen LogP contribution < -0.4 is 4.72 Å². The third-order valence-corrected chi connectivity index (χ3v) is 5.87. The van der Waals surface area contributed by atoms with Gasteiger partial charge in [-0.2, -0.15) is 0 Å². The maximum absolute atomic E-state index is 12.6. The zero-order chi connectivity index (χ0) is 18.0. The largest absolute Gasteiger partial charge is 0.360 e. The maximum atomic E-state index is 12.6. The van der Waals surface area contributed by atoms with Crippen LogP contribution in [0.4, 0.5) is 0 Å². The van der Waals surface area contributed by atoms with Crippen molar-refractivity contribution in [3.63, 3.8) is 0 Å². The lowest BCUT2D eigenvalue weighted by Gasteiger charge is -2.15. The summed E-state index contributed by atoms with van der Waals surface area (Å²) >= 11 is 0. The van der Waals surface area contributed by atoms with Crippen LogP contribution in [0.25, 0.3) is 11.1 Å². The van der Waals surface area contributed by atoms with E-state index in [1.54, 1.807) is 13.8 Å². The molecule has 0 unspecified atom stereocenters. The van der Waals surface area contributed by atoms with Gasteiger partial charge in [-0.15, -0.1) is 0 Å². The number of hydrogen-bond acceptors (Lipinski definition) is 4. The van der Waals surface area contributed by atoms with Crippen LogP contribution in [0.2, 0.25) is 0 Å². The van der Waals surface area contributed by atoms with Crippen molar-refractivity contribution in [3.8, 4) is 11.1 Å². The van der Waals surface area contributed by atoms with E-state index in [1.807, 2.05) is 61.5 Å². The van der Waals surface area contributed by atoms with Gasteiger partial charge in [0.2, 0.25) is 10.0 Å². The van der Waals surface area contributed by atoms with Crippen LogP contribution >= 0.6 is 0 Å². The highest BCUT2D eigenvalue weighted by atomic mass is 32.2. The van der Waals surface area contributed by atoms with Crippen molar-refractivity contribution < 1.29 is 12.9 Å². The van der Waals surface area contributed by atoms with Gasteiger partial charge in [0.1, 0.15) is 10.6 Å². The average Bonchev–Trinajstić information content (AvgIpc) is 2.95. The minimum absolute atomic E-state index is 0.111. The molecule has 1 N–H and O–H groups in total. The Bertz CT molecular complexity index is 942. The predicted octanol–water partition coefficient (Wildman–Crippen LogP) is 4.00. The monoisotopic (exact) mass is 356 g/mol. The molecule has 0 amide bonds. The van der Waals surface area contributed by atoms with Gasteiger partial charge in [-0.1, -0.05) is 59.8 Å². The number of nitrogens with one attached hydrogen (secondary N) is 1. The van der Waals surface area contributed by atoms with E-state index in [1.165, 1.54) is 0 Å². The lowest BCUT2D eigenvalue weighted by molar-refractivity contribution is 0.390. The molecular weight excluding hydrogens is 336 g/mol. The van der Waals surface area contributed by atoms with E-state index >= 15 is 0 Å². The number of nitrogens with zero attached hydrogens (tertiary/aromatic N) is 1. The molecule has 0 aliphatic rings. The van der Waals surface area contributed by atoms with Crippen LogP contribution in [0.3, 0.4) is 0 Å². The molecule has 0 bridgehead atoms. The van der Waals surface area contributed by atoms with Gasteiger partial charge in [0.15, 0.2) is 5.76 Å². The molecule has 25 heavy (non-hydrogen) atoms. The summed E-state index contributed by atoms with van der Waals surface area (Å²) in [5.74, 6) is 0.289. The van der Waals surface area contributed by atoms with Crippen molar-refractivity contribution in [2.75, 3.05) is 0 Å². The molecule has 3 aromatic rings. The normalized spacial score (nSPS) is 12.9. The molecule has 3 rings (SSSR count). The van der Waals surface area contributed by atoms with Crippen molar-refractivity contribution in [2.24, 2.45) is 0 Å². The first-order chi connectivity index (χ1) is 11.9. The summed E-state index contributed by atoms with van der Waals surface area (Å²) in [5, 5.41) is 3.71. The molecule has 130 valence electrons. The van der Waals surface area contributed by atoms with Gasteiger partial charge < -0.3 is 4.52 Å². The maximum Gasteiger partial charge on any atom is 0.246 e. The Morgan fingerprint density at radius 2 is 1.56 bits per heavy atom. The Morgan fingerprint density at radius 3 is 2.12 bits per heavy atom. The van der Waals surface area contributed by atoms with Gasteiger partial charge in [0.25, 0.3) is 0 Å². The minimum Gasteiger partial charge on any atom is -0.360 e. The zero-order valence-electron chi connectivity index (χ0n) is 14.4. The summed E-state index contributed by atoms with van der Waals surface area (Å²) in [6.07, 6.45) is 0. The average molecular weight is 356 g/mol. The van der Waals surface area contributed by atoms with Gasteiger partial charge in [-0.25, -0.2) is 13.1 Å². The fourth-order valence-electron chi connectivity index (χ4n) is 2.81. The number of rotatable bonds is 5. The quantitative estimate of drug-likeness (QED) is 0.750. The fraction of sp³-hybridized carbons (Fsp3) is 0.211. The van der Waals surface area contributed by atoms with E-state index < -0.39 is 10.0 Å². The molecule has 0 radical (unpaired) electrons. The second-order valence-electron chi connectivity index (χ2n) is 5.98. The second kappa shape index (κ2) is 6.82. The van der Waals surface area contributed by atoms with Gasteiger partial charge in [0, 0.05) is 6.04 Å². The predicted molar refractivity (Wildman–Crippen MR) is 96.6 cm³/mol. The lowest BCUT2D eigenvalue weighted by Crippen LogP contribution is -2.27. The number of aryl methyl sites for hydroxylation is 2. The molecule has 2 aromatic carbocycles. The Hall–Kier alpha value is -2.44. The molecule has 0 saturated carbocycles. The van der Waals surface area contributed by atoms with Crippen molar-refractivity contribution in [1.29, 1.82) is 0 Å². The third-order valence-electron chi connectivity index (χ3n) is 4.09. The van der Waals surface area contributed by atoms with Crippen molar-refractivity contribution in [2.45, 2.75) is 31.7 Å². The highest BCUT2D eigenvalue weighted by Gasteiger charge is 2.26. The van der Waals surface area contributed by atoms with E-state index in [0.29, 0.717) is 5.69 Å². The molecule has 0 aliphatic heterocycles. The van der Waals surface area contributed by atoms with Crippen molar-refractivity contribution in [1.82, 2.24) is 9.88 Å². The molecule has 1 heterocycles. The van der Waals surface area contributed by atoms with E-state index in [0.717, 1.165) is 16.7 Å². The molecule has 0 fully saturated rings. The molecular formula is C19H20N2O3S. The smallest absolute Gasteiger partial charge is 0.246 e. The SMILES string of the molecule is Cc1noc(C)c1S(=O)(=O)N[C@@H](C)c1ccc(-c2ccccc2)cc1. The summed E-state index contributed by atoms with van der Waals surface area (Å²) in [6, 6.07) is 17.5. The molecule has 0 saturated heterocycles. The van der Waals surface area contributed by atoms with Gasteiger partial charge >= 0.3 is 0 Å². The van der Waals surface area contributed by atoms with Gasteiger partial charge in [0.05, 0.1) is 0 Å². The molecule has 1 aromatic heterocycles. The Morgan fingerprint density at radius 1 is 0.960 bits per heavy atom. The summed E-state index contributed by atoms with van der Waals surface area (Å²) in [7, 11) is -3.69. The number of benzene rings is 2. The highest BCUT2D eigenvalue weighted by Crippen LogP contribution is 2.24. The first-order valence-corrected chi connectivity index (χ1v) is 9.47. The van der Waals surface area contributed by atoms with Crippen molar-refractivity contribution >= 4 is 10.0 Å². The Labute approximate surface area is 147 Å². The minimum atomic E-state index is -3.69. The van der Waals surface area contributed by atoms with E-state index in [-0.39, 0.29) is 16.7 Å². The zero-order valence-corrected chi connectivity index (χ0v) is 15.2. The first kappa shape index (κ1) is 17.4. The van der Waals surface area contributed by atoms with Crippen LogP contribution in [0.1, 0.15) is 30.0 Å². The van der Waals surface area contributed by atoms with E-state index in [9.17, 15) is 8.42 Å². The summed E-state index contributed by atoms with van der Waals surface area (Å²) in [4.78, 5) is 0.111. The van der Waals surface area contributed by atoms with Crippen LogP contribution in [0.15, 0.2) is 64.0 Å². The first-order valence-electron chi connectivity index (χ1n) is 7.99. The number of aromatic nitrogens is 1. The van der Waals surface area contributed by atoms with Crippen LogP contribution in [-0.2, 0) is 10.0 Å². The molecule has 6 heteroatoms. The topological polar surface area (TPSA) is 72.2 Å². The standard InChI is InChI=1S/C19H20N2O3S/c1-13(21-25(22,23)19-14(2)20-24-15(19)3)16-9-11-18(12-10-16)17-7-5-4-6-8-17/h4-13,21H,1-3H3/t13-/m0/s1. The molecule has 0 spiro atoms. The highest BCUT2D eigenvalue weighted by molar-refractivity contribution is 7.89. The summed E-state index contributed by atoms with van der Waals surface area (Å²) < 4.78 is 32.8. The van der Waals surface area contributed by atoms with Crippen LogP contribution in [0, 0.1) is 13.8 Å². The van der Waals surface area contributed by atoms with Crippen molar-refractivity contribution in [3.05, 3.63) is 71.6 Å². The van der Waals surface area contributed by atoms with E-state index in [4.69, 9.17) is 4.52 Å². The molecule has 0 aliphatic carbocycles. The van der Waals surface area contributed by atoms with Gasteiger partial charge in [-0.05, 0) is 37.5 Å². The van der Waals surface area contributed by atoms with Crippen LogP contribution in [0.5, 0.6) is 0 Å². The number of sulfonamides is 1. The third kappa shape index (κ3) is 3.65. The summed E-state index contributed by atoms with van der Waals surface area (Å²) in [5.41, 5.74) is 3.45. The van der Waals surface area contributed by atoms with Gasteiger partial charge in [-0.3, -0.25) is 0 Å². The molecule has 5 nitrogen and oxygen atoms in total. The number of hydrogen-bond donors (Lipinski definition) is 1. The fourth-order valence-corrected chi connectivity index (χ4v) is 4.37. The Kier molecular flexibility index (Phi) is 4.74. The molecule has 1 atom stereocenters. The summed E-state index contributed by atoms with van der Waals surface area (Å²) in [6.45, 7) is 5.02. The van der Waals surface area contributed by atoms with Crippen LogP contribution in [-0.4, -0.2) is 13.6 Å².